The summed E-state index contributed by atoms with van der Waals surface area (Å²) in [7, 11) is 0. The van der Waals surface area contributed by atoms with Crippen molar-refractivity contribution in [1.82, 2.24) is 0 Å². The van der Waals surface area contributed by atoms with Crippen molar-refractivity contribution in [2.75, 3.05) is 0 Å². The lowest BCUT2D eigenvalue weighted by molar-refractivity contribution is 0.917. The number of halogens is 1. The van der Waals surface area contributed by atoms with Crippen molar-refractivity contribution in [3.05, 3.63) is 44.3 Å². The molecule has 0 radical (unpaired) electrons. The van der Waals surface area contributed by atoms with Gasteiger partial charge in [-0.2, -0.15) is 0 Å². The molecule has 0 unspecified atom stereocenters. The first kappa shape index (κ1) is 11.7. The van der Waals surface area contributed by atoms with E-state index in [0.29, 0.717) is 0 Å². The van der Waals surface area contributed by atoms with E-state index in [1.165, 1.54) is 14.6 Å². The smallest absolute Gasteiger partial charge is 0.0740 e. The lowest BCUT2D eigenvalue weighted by Gasteiger charge is -2.05. The summed E-state index contributed by atoms with van der Waals surface area (Å²) >= 11 is 3.49. The van der Waals surface area contributed by atoms with Crippen LogP contribution in [0.3, 0.4) is 0 Å². The van der Waals surface area contributed by atoms with Gasteiger partial charge in [0.2, 0.25) is 0 Å². The number of aryl methyl sites for hydroxylation is 1. The molecule has 1 nitrogen and oxygen atoms in total. The highest BCUT2D eigenvalue weighted by Gasteiger charge is 2.10. The Balaban J connectivity index is 0.000000980. The number of rotatable bonds is 2. The van der Waals surface area contributed by atoms with Crippen molar-refractivity contribution < 1.29 is 0 Å². The number of thiophene rings is 2. The molecule has 2 aromatic rings. The molecule has 2 heterocycles. The first-order chi connectivity index (χ1) is 6.27. The van der Waals surface area contributed by atoms with Crippen molar-refractivity contribution in [1.29, 1.82) is 0 Å². The molecule has 2 N–H and O–H groups in total. The van der Waals surface area contributed by atoms with Gasteiger partial charge in [-0.1, -0.05) is 6.07 Å². The zero-order valence-electron chi connectivity index (χ0n) is 7.77. The third kappa shape index (κ3) is 2.36. The van der Waals surface area contributed by atoms with Crippen LogP contribution < -0.4 is 5.73 Å². The summed E-state index contributed by atoms with van der Waals surface area (Å²) in [5.74, 6) is 0. The highest BCUT2D eigenvalue weighted by Crippen LogP contribution is 2.28. The van der Waals surface area contributed by atoms with Crippen molar-refractivity contribution in [3.8, 4) is 0 Å². The molecule has 0 aliphatic heterocycles. The quantitative estimate of drug-likeness (QED) is 0.860. The van der Waals surface area contributed by atoms with Gasteiger partial charge >= 0.3 is 0 Å². The second kappa shape index (κ2) is 4.94. The van der Waals surface area contributed by atoms with Gasteiger partial charge in [0.25, 0.3) is 0 Å². The standard InChI is InChI=1S/C10H11NS2.ClH/c1-7-4-5-9(13-7)10(11)8-3-2-6-12-8;/h2-6,10H,11H2,1H3;1H/t10-;/m1./s1. The lowest BCUT2D eigenvalue weighted by atomic mass is 10.2. The van der Waals surface area contributed by atoms with Gasteiger partial charge in [0, 0.05) is 14.6 Å². The summed E-state index contributed by atoms with van der Waals surface area (Å²) in [6.07, 6.45) is 0. The zero-order chi connectivity index (χ0) is 9.26. The molecule has 0 saturated heterocycles. The summed E-state index contributed by atoms with van der Waals surface area (Å²) in [5, 5.41) is 2.07. The van der Waals surface area contributed by atoms with E-state index < -0.39 is 0 Å². The summed E-state index contributed by atoms with van der Waals surface area (Å²) in [6.45, 7) is 2.11. The molecular weight excluding hydrogens is 234 g/mol. The summed E-state index contributed by atoms with van der Waals surface area (Å²) < 4.78 is 0. The van der Waals surface area contributed by atoms with Crippen molar-refractivity contribution in [2.45, 2.75) is 13.0 Å². The predicted octanol–water partition coefficient (Wildman–Crippen LogP) is 3.59. The van der Waals surface area contributed by atoms with Gasteiger partial charge in [-0.05, 0) is 30.5 Å². The predicted molar refractivity (Wildman–Crippen MR) is 66.7 cm³/mol. The fourth-order valence-corrected chi connectivity index (χ4v) is 2.95. The van der Waals surface area contributed by atoms with Crippen LogP contribution in [0.5, 0.6) is 0 Å². The van der Waals surface area contributed by atoms with Gasteiger partial charge in [-0.25, -0.2) is 0 Å². The van der Waals surface area contributed by atoms with E-state index in [1.807, 2.05) is 6.07 Å². The summed E-state index contributed by atoms with van der Waals surface area (Å²) in [6, 6.07) is 8.43. The molecule has 0 saturated carbocycles. The monoisotopic (exact) mass is 245 g/mol. The Bertz CT molecular complexity index is 380. The van der Waals surface area contributed by atoms with E-state index in [2.05, 4.69) is 30.5 Å². The number of nitrogens with two attached hydrogens (primary N) is 1. The Morgan fingerprint density at radius 1 is 1.21 bits per heavy atom. The molecule has 2 aromatic heterocycles. The number of hydrogen-bond acceptors (Lipinski definition) is 3. The molecule has 4 heteroatoms. The molecule has 0 aliphatic rings. The Morgan fingerprint density at radius 3 is 2.50 bits per heavy atom. The first-order valence-corrected chi connectivity index (χ1v) is 5.82. The maximum Gasteiger partial charge on any atom is 0.0740 e. The molecule has 0 aliphatic carbocycles. The van der Waals surface area contributed by atoms with Crippen LogP contribution in [0.1, 0.15) is 20.7 Å². The van der Waals surface area contributed by atoms with Gasteiger partial charge in [-0.3, -0.25) is 0 Å². The van der Waals surface area contributed by atoms with E-state index in [-0.39, 0.29) is 18.4 Å². The van der Waals surface area contributed by atoms with Gasteiger partial charge < -0.3 is 5.73 Å². The van der Waals surface area contributed by atoms with E-state index in [0.717, 1.165) is 0 Å². The van der Waals surface area contributed by atoms with Crippen molar-refractivity contribution in [3.63, 3.8) is 0 Å². The maximum absolute atomic E-state index is 6.09. The molecule has 0 spiro atoms. The van der Waals surface area contributed by atoms with Crippen LogP contribution in [0.25, 0.3) is 0 Å². The molecule has 0 aromatic carbocycles. The van der Waals surface area contributed by atoms with Crippen molar-refractivity contribution in [2.24, 2.45) is 5.73 Å². The minimum atomic E-state index is 0. The molecular formula is C10H12ClNS2. The minimum absolute atomic E-state index is 0. The van der Waals surface area contributed by atoms with Crippen LogP contribution in [-0.4, -0.2) is 0 Å². The van der Waals surface area contributed by atoms with Crippen LogP contribution in [-0.2, 0) is 0 Å². The highest BCUT2D eigenvalue weighted by atomic mass is 35.5. The Labute approximate surface area is 98.0 Å². The van der Waals surface area contributed by atoms with E-state index in [1.54, 1.807) is 22.7 Å². The lowest BCUT2D eigenvalue weighted by Crippen LogP contribution is -2.07. The molecule has 2 rings (SSSR count). The van der Waals surface area contributed by atoms with Crippen molar-refractivity contribution >= 4 is 35.1 Å². The summed E-state index contributed by atoms with van der Waals surface area (Å²) in [5.41, 5.74) is 6.09. The van der Waals surface area contributed by atoms with E-state index >= 15 is 0 Å². The fourth-order valence-electron chi connectivity index (χ4n) is 1.23. The first-order valence-electron chi connectivity index (χ1n) is 4.12. The third-order valence-electron chi connectivity index (χ3n) is 1.92. The highest BCUT2D eigenvalue weighted by molar-refractivity contribution is 7.12. The molecule has 0 bridgehead atoms. The Kier molecular flexibility index (Phi) is 4.13. The van der Waals surface area contributed by atoms with Gasteiger partial charge in [0.1, 0.15) is 0 Å². The topological polar surface area (TPSA) is 26.0 Å². The van der Waals surface area contributed by atoms with E-state index in [9.17, 15) is 0 Å². The van der Waals surface area contributed by atoms with Crippen LogP contribution in [0.4, 0.5) is 0 Å². The molecule has 14 heavy (non-hydrogen) atoms. The second-order valence-electron chi connectivity index (χ2n) is 2.94. The van der Waals surface area contributed by atoms with Crippen LogP contribution in [0.2, 0.25) is 0 Å². The summed E-state index contributed by atoms with van der Waals surface area (Å²) in [4.78, 5) is 3.81. The minimum Gasteiger partial charge on any atom is -0.319 e. The molecule has 1 atom stereocenters. The largest absolute Gasteiger partial charge is 0.319 e. The van der Waals surface area contributed by atoms with E-state index in [4.69, 9.17) is 5.73 Å². The molecule has 76 valence electrons. The van der Waals surface area contributed by atoms with Gasteiger partial charge in [0.15, 0.2) is 0 Å². The Morgan fingerprint density at radius 2 is 2.00 bits per heavy atom. The molecule has 0 fully saturated rings. The molecule has 0 amide bonds. The normalized spacial score (nSPS) is 12.1. The maximum atomic E-state index is 6.09. The Hall–Kier alpha value is -0.350. The van der Waals surface area contributed by atoms with Gasteiger partial charge in [0.05, 0.1) is 6.04 Å². The van der Waals surface area contributed by atoms with Gasteiger partial charge in [-0.15, -0.1) is 35.1 Å². The average molecular weight is 246 g/mol. The second-order valence-corrected chi connectivity index (χ2v) is 5.24. The fraction of sp³-hybridized carbons (Fsp3) is 0.200. The SMILES string of the molecule is Cc1ccc([C@H](N)c2cccs2)s1.Cl. The van der Waals surface area contributed by atoms with Crippen LogP contribution in [0.15, 0.2) is 29.6 Å². The third-order valence-corrected chi connectivity index (χ3v) is 3.96. The van der Waals surface area contributed by atoms with Crippen LogP contribution >= 0.6 is 35.1 Å². The average Bonchev–Trinajstić information content (AvgIpc) is 2.72. The van der Waals surface area contributed by atoms with Crippen LogP contribution in [0, 0.1) is 6.92 Å². The zero-order valence-corrected chi connectivity index (χ0v) is 10.2. The number of hydrogen-bond donors (Lipinski definition) is 1.